The summed E-state index contributed by atoms with van der Waals surface area (Å²) < 4.78 is 2.37. The number of nitrogens with zero attached hydrogens (tertiary/aromatic N) is 1. The molecule has 2 heterocycles. The highest BCUT2D eigenvalue weighted by atomic mass is 79.9. The Kier molecular flexibility index (Phi) is 5.32. The van der Waals surface area contributed by atoms with Crippen molar-refractivity contribution in [3.63, 3.8) is 0 Å². The number of aromatic nitrogens is 1. The monoisotopic (exact) mass is 389 g/mol. The van der Waals surface area contributed by atoms with E-state index < -0.39 is 0 Å². The zero-order chi connectivity index (χ0) is 15.4. The van der Waals surface area contributed by atoms with Gasteiger partial charge in [0.05, 0.1) is 8.66 Å². The Morgan fingerprint density at radius 3 is 2.67 bits per heavy atom. The minimum absolute atomic E-state index is 0.0900. The molecule has 0 saturated carbocycles. The van der Waals surface area contributed by atoms with E-state index in [0.29, 0.717) is 11.4 Å². The van der Waals surface area contributed by atoms with E-state index in [4.69, 9.17) is 0 Å². The van der Waals surface area contributed by atoms with Crippen LogP contribution < -0.4 is 15.7 Å². The molecule has 6 nitrogen and oxygen atoms in total. The maximum absolute atomic E-state index is 11.7. The first-order valence-electron chi connectivity index (χ1n) is 5.97. The van der Waals surface area contributed by atoms with Gasteiger partial charge < -0.3 is 4.57 Å². The molecule has 0 aliphatic carbocycles. The fourth-order valence-corrected chi connectivity index (χ4v) is 3.62. The minimum atomic E-state index is -0.372. The summed E-state index contributed by atoms with van der Waals surface area (Å²) in [5, 5.41) is 1.75. The third-order valence-electron chi connectivity index (χ3n) is 2.65. The average Bonchev–Trinajstić information content (AvgIpc) is 3.01. The van der Waals surface area contributed by atoms with E-state index in [1.165, 1.54) is 15.9 Å². The smallest absolute Gasteiger partial charge is 0.303 e. The summed E-state index contributed by atoms with van der Waals surface area (Å²) in [7, 11) is 0. The van der Waals surface area contributed by atoms with E-state index in [1.807, 2.05) is 6.92 Å². The molecule has 2 rings (SSSR count). The molecule has 0 bridgehead atoms. The second kappa shape index (κ2) is 7.01. The Balaban J connectivity index is 1.80. The predicted molar refractivity (Wildman–Crippen MR) is 85.6 cm³/mol. The van der Waals surface area contributed by atoms with Crippen LogP contribution in [0.2, 0.25) is 0 Å². The molecular formula is C12H12BrN3O3S2. The van der Waals surface area contributed by atoms with E-state index in [1.54, 1.807) is 17.5 Å². The molecule has 2 aromatic rings. The van der Waals surface area contributed by atoms with Crippen molar-refractivity contribution in [3.05, 3.63) is 41.5 Å². The molecule has 2 N–H and O–H groups in total. The molecule has 0 fully saturated rings. The predicted octanol–water partition coefficient (Wildman–Crippen LogP) is 1.89. The van der Waals surface area contributed by atoms with E-state index in [9.17, 15) is 14.4 Å². The van der Waals surface area contributed by atoms with Crippen molar-refractivity contribution in [2.75, 3.05) is 0 Å². The first-order valence-corrected chi connectivity index (χ1v) is 8.45. The van der Waals surface area contributed by atoms with Crippen molar-refractivity contribution in [2.24, 2.45) is 0 Å². The van der Waals surface area contributed by atoms with E-state index >= 15 is 0 Å². The molecule has 21 heavy (non-hydrogen) atoms. The standard InChI is InChI=1S/C12H12BrN3O3S2/c1-7-6-20-12(19)16(7)5-4-10(17)14-15-11(18)8-2-3-9(13)21-8/h2-3,6H,4-5H2,1H3,(H,14,17)(H,15,18). The van der Waals surface area contributed by atoms with Crippen molar-refractivity contribution in [1.29, 1.82) is 0 Å². The normalized spacial score (nSPS) is 10.4. The van der Waals surface area contributed by atoms with Crippen LogP contribution in [-0.2, 0) is 11.3 Å². The van der Waals surface area contributed by atoms with Gasteiger partial charge in [0.25, 0.3) is 5.91 Å². The lowest BCUT2D eigenvalue weighted by Crippen LogP contribution is -2.41. The van der Waals surface area contributed by atoms with Crippen molar-refractivity contribution in [3.8, 4) is 0 Å². The molecule has 0 radical (unpaired) electrons. The molecule has 0 atom stereocenters. The Bertz CT molecular complexity index is 719. The molecule has 9 heteroatoms. The number of hydrogen-bond acceptors (Lipinski definition) is 5. The maximum atomic E-state index is 11.7. The number of hydrazine groups is 1. The lowest BCUT2D eigenvalue weighted by atomic mass is 10.4. The quantitative estimate of drug-likeness (QED) is 0.783. The van der Waals surface area contributed by atoms with Gasteiger partial charge in [-0.15, -0.1) is 11.3 Å². The number of carbonyl (C=O) groups excluding carboxylic acids is 2. The third-order valence-corrected chi connectivity index (χ3v) is 5.15. The van der Waals surface area contributed by atoms with Crippen LogP contribution in [0.25, 0.3) is 0 Å². The number of nitrogens with one attached hydrogen (secondary N) is 2. The lowest BCUT2D eigenvalue weighted by molar-refractivity contribution is -0.122. The van der Waals surface area contributed by atoms with Crippen LogP contribution >= 0.6 is 38.6 Å². The summed E-state index contributed by atoms with van der Waals surface area (Å²) in [5.74, 6) is -0.723. The number of rotatable bonds is 4. The summed E-state index contributed by atoms with van der Waals surface area (Å²) in [6, 6.07) is 3.41. The number of carbonyl (C=O) groups is 2. The van der Waals surface area contributed by atoms with Crippen LogP contribution in [0.15, 0.2) is 26.1 Å². The fraction of sp³-hybridized carbons (Fsp3) is 0.250. The van der Waals surface area contributed by atoms with Crippen LogP contribution in [0.3, 0.4) is 0 Å². The molecule has 0 aliphatic heterocycles. The maximum Gasteiger partial charge on any atom is 0.307 e. The largest absolute Gasteiger partial charge is 0.307 e. The Morgan fingerprint density at radius 1 is 1.33 bits per heavy atom. The van der Waals surface area contributed by atoms with Crippen LogP contribution in [0.5, 0.6) is 0 Å². The first-order chi connectivity index (χ1) is 9.97. The van der Waals surface area contributed by atoms with Gasteiger partial charge in [-0.1, -0.05) is 11.3 Å². The van der Waals surface area contributed by atoms with Gasteiger partial charge in [0, 0.05) is 24.0 Å². The zero-order valence-electron chi connectivity index (χ0n) is 11.0. The highest BCUT2D eigenvalue weighted by Gasteiger charge is 2.10. The minimum Gasteiger partial charge on any atom is -0.303 e. The van der Waals surface area contributed by atoms with E-state index in [-0.39, 0.29) is 23.1 Å². The van der Waals surface area contributed by atoms with Gasteiger partial charge in [-0.3, -0.25) is 25.2 Å². The highest BCUT2D eigenvalue weighted by Crippen LogP contribution is 2.21. The Hall–Kier alpha value is -1.45. The number of aryl methyl sites for hydroxylation is 1. The van der Waals surface area contributed by atoms with Crippen LogP contribution in [0.4, 0.5) is 0 Å². The van der Waals surface area contributed by atoms with E-state index in [2.05, 4.69) is 26.8 Å². The third kappa shape index (κ3) is 4.26. The number of thiophene rings is 1. The molecule has 0 saturated heterocycles. The summed E-state index contributed by atoms with van der Waals surface area (Å²) in [6.45, 7) is 2.10. The van der Waals surface area contributed by atoms with Gasteiger partial charge in [0.2, 0.25) is 5.91 Å². The molecule has 0 aliphatic rings. The first kappa shape index (κ1) is 15.9. The summed E-state index contributed by atoms with van der Waals surface area (Å²) in [4.78, 5) is 35.3. The molecule has 0 aromatic carbocycles. The molecule has 112 valence electrons. The number of amides is 2. The van der Waals surface area contributed by atoms with E-state index in [0.717, 1.165) is 20.8 Å². The fourth-order valence-electron chi connectivity index (χ4n) is 1.57. The van der Waals surface area contributed by atoms with Crippen LogP contribution in [-0.4, -0.2) is 16.4 Å². The Labute approximate surface area is 136 Å². The topological polar surface area (TPSA) is 80.2 Å². The van der Waals surface area contributed by atoms with Crippen molar-refractivity contribution >= 4 is 50.4 Å². The SMILES string of the molecule is Cc1csc(=O)n1CCC(=O)NNC(=O)c1ccc(Br)s1. The zero-order valence-corrected chi connectivity index (χ0v) is 14.2. The second-order valence-corrected chi connectivity index (χ2v) is 7.43. The Morgan fingerprint density at radius 2 is 2.10 bits per heavy atom. The summed E-state index contributed by atoms with van der Waals surface area (Å²) >= 11 is 5.64. The van der Waals surface area contributed by atoms with Gasteiger partial charge in [-0.2, -0.15) is 0 Å². The molecule has 2 aromatic heterocycles. The van der Waals surface area contributed by atoms with Crippen LogP contribution in [0, 0.1) is 6.92 Å². The molecule has 0 unspecified atom stereocenters. The second-order valence-electron chi connectivity index (χ2n) is 4.15. The summed E-state index contributed by atoms with van der Waals surface area (Å²) in [5.41, 5.74) is 5.49. The van der Waals surface area contributed by atoms with Gasteiger partial charge in [-0.05, 0) is 35.0 Å². The van der Waals surface area contributed by atoms with Gasteiger partial charge in [-0.25, -0.2) is 0 Å². The molecule has 2 amide bonds. The number of hydrogen-bond donors (Lipinski definition) is 2. The van der Waals surface area contributed by atoms with Crippen molar-refractivity contribution in [1.82, 2.24) is 15.4 Å². The van der Waals surface area contributed by atoms with Crippen molar-refractivity contribution < 1.29 is 9.59 Å². The average molecular weight is 390 g/mol. The number of thiazole rings is 1. The van der Waals surface area contributed by atoms with Crippen molar-refractivity contribution in [2.45, 2.75) is 19.9 Å². The highest BCUT2D eigenvalue weighted by molar-refractivity contribution is 9.11. The molecular weight excluding hydrogens is 378 g/mol. The molecule has 0 spiro atoms. The van der Waals surface area contributed by atoms with Crippen LogP contribution in [0.1, 0.15) is 21.8 Å². The van der Waals surface area contributed by atoms with Gasteiger partial charge >= 0.3 is 4.87 Å². The van der Waals surface area contributed by atoms with Gasteiger partial charge in [0.15, 0.2) is 0 Å². The van der Waals surface area contributed by atoms with Gasteiger partial charge in [0.1, 0.15) is 0 Å². The lowest BCUT2D eigenvalue weighted by Gasteiger charge is -2.07. The number of halogens is 1. The summed E-state index contributed by atoms with van der Waals surface area (Å²) in [6.07, 6.45) is 0.117.